The van der Waals surface area contributed by atoms with Gasteiger partial charge in [0.25, 0.3) is 5.01 Å². The second kappa shape index (κ2) is 7.20. The van der Waals surface area contributed by atoms with Gasteiger partial charge in [0.15, 0.2) is 5.75 Å². The summed E-state index contributed by atoms with van der Waals surface area (Å²) in [6, 6.07) is 12.9. The average molecular weight is 378 g/mol. The van der Waals surface area contributed by atoms with E-state index in [9.17, 15) is 0 Å². The third-order valence-electron chi connectivity index (χ3n) is 5.09. The van der Waals surface area contributed by atoms with E-state index in [1.165, 1.54) is 26.4 Å². The lowest BCUT2D eigenvalue weighted by Gasteiger charge is -2.15. The number of anilines is 1. The molecule has 0 unspecified atom stereocenters. The summed E-state index contributed by atoms with van der Waals surface area (Å²) in [6.07, 6.45) is 6.34. The van der Waals surface area contributed by atoms with Gasteiger partial charge in [-0.1, -0.05) is 23.5 Å². The molecule has 138 valence electrons. The zero-order valence-corrected chi connectivity index (χ0v) is 17.1. The number of thiazole rings is 1. The highest BCUT2D eigenvalue weighted by Crippen LogP contribution is 2.40. The van der Waals surface area contributed by atoms with Crippen LogP contribution in [0.2, 0.25) is 0 Å². The molecule has 3 nitrogen and oxygen atoms in total. The van der Waals surface area contributed by atoms with Crippen molar-refractivity contribution >= 4 is 33.3 Å². The Kier molecular flexibility index (Phi) is 4.75. The molecule has 1 aromatic heterocycles. The van der Waals surface area contributed by atoms with E-state index in [2.05, 4.69) is 91.8 Å². The number of rotatable bonds is 4. The number of allylic oxidation sites excluding steroid dienone is 2. The minimum absolute atomic E-state index is 0.882. The second-order valence-electron chi connectivity index (χ2n) is 6.77. The average Bonchev–Trinajstić information content (AvgIpc) is 3.19. The maximum absolute atomic E-state index is 6.13. The summed E-state index contributed by atoms with van der Waals surface area (Å²) in [7, 11) is 0. The minimum Gasteiger partial charge on any atom is -0.439 e. The molecule has 1 aliphatic rings. The third-order valence-corrected chi connectivity index (χ3v) is 6.22. The van der Waals surface area contributed by atoms with Gasteiger partial charge in [-0.25, -0.2) is 0 Å². The Morgan fingerprint density at radius 1 is 1.11 bits per heavy atom. The highest BCUT2D eigenvalue weighted by molar-refractivity contribution is 7.18. The van der Waals surface area contributed by atoms with Crippen molar-refractivity contribution in [2.24, 2.45) is 0 Å². The Hall–Kier alpha value is -2.59. The van der Waals surface area contributed by atoms with Gasteiger partial charge in [-0.2, -0.15) is 4.57 Å². The van der Waals surface area contributed by atoms with E-state index in [4.69, 9.17) is 4.74 Å². The molecule has 0 amide bonds. The maximum atomic E-state index is 6.13. The van der Waals surface area contributed by atoms with Crippen LogP contribution in [-0.4, -0.2) is 6.54 Å². The zero-order chi connectivity index (χ0) is 19.0. The molecule has 4 rings (SSSR count). The Bertz CT molecular complexity index is 1060. The van der Waals surface area contributed by atoms with E-state index in [0.717, 1.165) is 30.4 Å². The SMILES string of the molecule is CCN1/C(=C/C=C/c2sc3ccccc3[n+]2CC)Oc2cc(C)c(C)cc21. The van der Waals surface area contributed by atoms with Crippen molar-refractivity contribution < 1.29 is 9.30 Å². The molecule has 4 heteroatoms. The standard InChI is InChI=1S/C23H25N2OS/c1-5-24-19-14-16(3)17(4)15-20(19)26-22(24)12-9-13-23-25(6-2)18-10-7-8-11-21(18)27-23/h7-15H,5-6H2,1-4H3/q+1. The van der Waals surface area contributed by atoms with Crippen molar-refractivity contribution in [3.8, 4) is 5.75 Å². The summed E-state index contributed by atoms with van der Waals surface area (Å²) in [6.45, 7) is 10.5. The molecule has 0 atom stereocenters. The normalized spacial score (nSPS) is 15.1. The van der Waals surface area contributed by atoms with Crippen LogP contribution in [0.1, 0.15) is 30.0 Å². The molecular weight excluding hydrogens is 352 g/mol. The molecule has 0 saturated carbocycles. The van der Waals surface area contributed by atoms with Gasteiger partial charge >= 0.3 is 0 Å². The molecule has 1 aliphatic heterocycles. The van der Waals surface area contributed by atoms with Crippen LogP contribution < -0.4 is 14.2 Å². The van der Waals surface area contributed by atoms with Crippen molar-refractivity contribution in [1.29, 1.82) is 0 Å². The van der Waals surface area contributed by atoms with Crippen LogP contribution in [0.5, 0.6) is 5.75 Å². The number of para-hydroxylation sites is 1. The van der Waals surface area contributed by atoms with Crippen LogP contribution in [0, 0.1) is 13.8 Å². The fourth-order valence-electron chi connectivity index (χ4n) is 3.52. The molecular formula is C23H25N2OS+. The van der Waals surface area contributed by atoms with E-state index < -0.39 is 0 Å². The molecule has 0 N–H and O–H groups in total. The lowest BCUT2D eigenvalue weighted by Crippen LogP contribution is -2.33. The molecule has 2 aromatic carbocycles. The smallest absolute Gasteiger partial charge is 0.262 e. The van der Waals surface area contributed by atoms with Gasteiger partial charge in [-0.3, -0.25) is 0 Å². The predicted octanol–water partition coefficient (Wildman–Crippen LogP) is 5.60. The fraction of sp³-hybridized carbons (Fsp3) is 0.261. The summed E-state index contributed by atoms with van der Waals surface area (Å²) >= 11 is 1.82. The van der Waals surface area contributed by atoms with Crippen LogP contribution in [0.3, 0.4) is 0 Å². The van der Waals surface area contributed by atoms with E-state index in [0.29, 0.717) is 0 Å². The lowest BCUT2D eigenvalue weighted by molar-refractivity contribution is -0.665. The predicted molar refractivity (Wildman–Crippen MR) is 114 cm³/mol. The second-order valence-corrected chi connectivity index (χ2v) is 7.83. The third kappa shape index (κ3) is 3.15. The summed E-state index contributed by atoms with van der Waals surface area (Å²) in [4.78, 5) is 2.23. The summed E-state index contributed by atoms with van der Waals surface area (Å²) in [5.74, 6) is 1.84. The molecule has 0 bridgehead atoms. The van der Waals surface area contributed by atoms with Crippen LogP contribution in [0.15, 0.2) is 54.4 Å². The van der Waals surface area contributed by atoms with Crippen molar-refractivity contribution in [2.75, 3.05) is 11.4 Å². The fourth-order valence-corrected chi connectivity index (χ4v) is 4.66. The van der Waals surface area contributed by atoms with Crippen molar-refractivity contribution in [2.45, 2.75) is 34.2 Å². The van der Waals surface area contributed by atoms with Gasteiger partial charge < -0.3 is 9.64 Å². The highest BCUT2D eigenvalue weighted by atomic mass is 32.1. The van der Waals surface area contributed by atoms with E-state index >= 15 is 0 Å². The number of aromatic nitrogens is 1. The molecule has 3 aromatic rings. The number of hydrogen-bond donors (Lipinski definition) is 0. The van der Waals surface area contributed by atoms with Gasteiger partial charge in [-0.05, 0) is 69.2 Å². The van der Waals surface area contributed by atoms with E-state index in [1.807, 2.05) is 11.3 Å². The summed E-state index contributed by atoms with van der Waals surface area (Å²) in [5.41, 5.74) is 5.01. The highest BCUT2D eigenvalue weighted by Gasteiger charge is 2.25. The first-order chi connectivity index (χ1) is 13.1. The first-order valence-electron chi connectivity index (χ1n) is 9.48. The van der Waals surface area contributed by atoms with Crippen LogP contribution in [0.4, 0.5) is 5.69 Å². The largest absolute Gasteiger partial charge is 0.439 e. The van der Waals surface area contributed by atoms with Gasteiger partial charge in [0.05, 0.1) is 5.69 Å². The van der Waals surface area contributed by atoms with Gasteiger partial charge in [0, 0.05) is 18.7 Å². The molecule has 0 aliphatic carbocycles. The first kappa shape index (κ1) is 17.8. The lowest BCUT2D eigenvalue weighted by atomic mass is 10.1. The van der Waals surface area contributed by atoms with Crippen molar-refractivity contribution in [3.05, 3.63) is 70.6 Å². The molecule has 0 radical (unpaired) electrons. The number of aryl methyl sites for hydroxylation is 3. The Labute approximate surface area is 164 Å². The van der Waals surface area contributed by atoms with E-state index in [1.54, 1.807) is 0 Å². The zero-order valence-electron chi connectivity index (χ0n) is 16.3. The number of ether oxygens (including phenoxy) is 1. The van der Waals surface area contributed by atoms with Crippen molar-refractivity contribution in [3.63, 3.8) is 0 Å². The molecule has 2 heterocycles. The summed E-state index contributed by atoms with van der Waals surface area (Å²) in [5, 5.41) is 1.25. The Morgan fingerprint density at radius 2 is 1.89 bits per heavy atom. The van der Waals surface area contributed by atoms with Gasteiger partial charge in [0.2, 0.25) is 11.4 Å². The first-order valence-corrected chi connectivity index (χ1v) is 10.3. The minimum atomic E-state index is 0.882. The Morgan fingerprint density at radius 3 is 2.67 bits per heavy atom. The summed E-state index contributed by atoms with van der Waals surface area (Å²) < 4.78 is 9.80. The van der Waals surface area contributed by atoms with Crippen LogP contribution in [-0.2, 0) is 6.54 Å². The monoisotopic (exact) mass is 377 g/mol. The topological polar surface area (TPSA) is 16.4 Å². The molecule has 0 fully saturated rings. The molecule has 27 heavy (non-hydrogen) atoms. The number of fused-ring (bicyclic) bond motifs is 2. The quantitative estimate of drug-likeness (QED) is 0.550. The van der Waals surface area contributed by atoms with Crippen LogP contribution >= 0.6 is 11.3 Å². The number of nitrogens with zero attached hydrogens (tertiary/aromatic N) is 2. The molecule has 0 saturated heterocycles. The van der Waals surface area contributed by atoms with Crippen LogP contribution in [0.25, 0.3) is 16.3 Å². The van der Waals surface area contributed by atoms with Gasteiger partial charge in [0.1, 0.15) is 11.2 Å². The number of hydrogen-bond acceptors (Lipinski definition) is 3. The van der Waals surface area contributed by atoms with Gasteiger partial charge in [-0.15, -0.1) is 0 Å². The Balaban J connectivity index is 1.65. The maximum Gasteiger partial charge on any atom is 0.262 e. The molecule has 0 spiro atoms. The van der Waals surface area contributed by atoms with E-state index in [-0.39, 0.29) is 0 Å². The number of benzene rings is 2. The van der Waals surface area contributed by atoms with Crippen molar-refractivity contribution in [1.82, 2.24) is 0 Å².